The summed E-state index contributed by atoms with van der Waals surface area (Å²) in [6, 6.07) is 2.27. The minimum Gasteiger partial charge on any atom is -0.389 e. The average molecular weight is 198 g/mol. The molecule has 1 N–H and O–H groups in total. The van der Waals surface area contributed by atoms with Crippen molar-refractivity contribution in [2.45, 2.75) is 39.7 Å². The van der Waals surface area contributed by atoms with Crippen molar-refractivity contribution in [1.82, 2.24) is 4.90 Å². The van der Waals surface area contributed by atoms with Gasteiger partial charge in [0.25, 0.3) is 0 Å². The number of hydrogen-bond acceptors (Lipinski definition) is 3. The van der Waals surface area contributed by atoms with Crippen molar-refractivity contribution in [3.8, 4) is 6.07 Å². The zero-order valence-electron chi connectivity index (χ0n) is 9.96. The number of nitriles is 1. The standard InChI is InChI=1S/C11H22N2O/c1-10(2,8-12)6-7-13(5)9-11(3,4)14/h14H,6-7,9H2,1-5H3. The van der Waals surface area contributed by atoms with E-state index in [9.17, 15) is 5.11 Å². The van der Waals surface area contributed by atoms with Crippen molar-refractivity contribution in [3.63, 3.8) is 0 Å². The van der Waals surface area contributed by atoms with Crippen LogP contribution in [0, 0.1) is 16.7 Å². The molecular weight excluding hydrogens is 176 g/mol. The molecule has 0 aliphatic heterocycles. The van der Waals surface area contributed by atoms with Gasteiger partial charge < -0.3 is 10.0 Å². The van der Waals surface area contributed by atoms with Gasteiger partial charge in [0, 0.05) is 6.54 Å². The summed E-state index contributed by atoms with van der Waals surface area (Å²) in [4.78, 5) is 2.05. The Bertz CT molecular complexity index is 210. The first-order chi connectivity index (χ1) is 6.16. The van der Waals surface area contributed by atoms with Crippen molar-refractivity contribution >= 4 is 0 Å². The summed E-state index contributed by atoms with van der Waals surface area (Å²) in [7, 11) is 1.96. The number of aliphatic hydroxyl groups is 1. The Morgan fingerprint density at radius 1 is 1.29 bits per heavy atom. The molecule has 0 amide bonds. The van der Waals surface area contributed by atoms with Crippen LogP contribution < -0.4 is 0 Å². The highest BCUT2D eigenvalue weighted by Gasteiger charge is 2.20. The van der Waals surface area contributed by atoms with Gasteiger partial charge in [-0.2, -0.15) is 5.26 Å². The minimum absolute atomic E-state index is 0.270. The molecule has 14 heavy (non-hydrogen) atoms. The lowest BCUT2D eigenvalue weighted by molar-refractivity contribution is 0.0425. The first-order valence-electron chi connectivity index (χ1n) is 4.98. The molecule has 0 fully saturated rings. The average Bonchev–Trinajstić information content (AvgIpc) is 1.98. The third-order valence-electron chi connectivity index (χ3n) is 2.08. The van der Waals surface area contributed by atoms with Gasteiger partial charge in [0.1, 0.15) is 0 Å². The highest BCUT2D eigenvalue weighted by atomic mass is 16.3. The Labute approximate surface area is 87.3 Å². The maximum absolute atomic E-state index is 9.57. The fourth-order valence-electron chi connectivity index (χ4n) is 1.27. The van der Waals surface area contributed by atoms with E-state index in [0.29, 0.717) is 6.54 Å². The van der Waals surface area contributed by atoms with Crippen LogP contribution in [-0.4, -0.2) is 35.7 Å². The Kier molecular flexibility index (Phi) is 4.57. The van der Waals surface area contributed by atoms with E-state index >= 15 is 0 Å². The van der Waals surface area contributed by atoms with Crippen LogP contribution in [0.3, 0.4) is 0 Å². The van der Waals surface area contributed by atoms with Gasteiger partial charge in [-0.1, -0.05) is 0 Å². The SMILES string of the molecule is CN(CCC(C)(C)C#N)CC(C)(C)O. The number of rotatable bonds is 5. The van der Waals surface area contributed by atoms with E-state index in [1.807, 2.05) is 20.9 Å². The molecule has 0 heterocycles. The Hall–Kier alpha value is -0.590. The third-order valence-corrected chi connectivity index (χ3v) is 2.08. The lowest BCUT2D eigenvalue weighted by Crippen LogP contribution is -2.37. The highest BCUT2D eigenvalue weighted by Crippen LogP contribution is 2.18. The molecule has 0 aliphatic carbocycles. The first-order valence-corrected chi connectivity index (χ1v) is 4.98. The summed E-state index contributed by atoms with van der Waals surface area (Å²) in [6.07, 6.45) is 0.829. The Balaban J connectivity index is 3.88. The summed E-state index contributed by atoms with van der Waals surface area (Å²) in [6.45, 7) is 8.92. The molecule has 0 saturated carbocycles. The van der Waals surface area contributed by atoms with Gasteiger partial charge in [-0.15, -0.1) is 0 Å². The van der Waals surface area contributed by atoms with Gasteiger partial charge in [-0.3, -0.25) is 0 Å². The van der Waals surface area contributed by atoms with Gasteiger partial charge in [0.2, 0.25) is 0 Å². The maximum Gasteiger partial charge on any atom is 0.0718 e. The van der Waals surface area contributed by atoms with Crippen molar-refractivity contribution in [2.24, 2.45) is 5.41 Å². The molecular formula is C11H22N2O. The van der Waals surface area contributed by atoms with E-state index in [4.69, 9.17) is 5.26 Å². The molecule has 0 saturated heterocycles. The lowest BCUT2D eigenvalue weighted by Gasteiger charge is -2.27. The molecule has 0 radical (unpaired) electrons. The zero-order valence-corrected chi connectivity index (χ0v) is 9.96. The third kappa shape index (κ3) is 6.88. The van der Waals surface area contributed by atoms with Crippen LogP contribution in [0.2, 0.25) is 0 Å². The number of nitrogens with zero attached hydrogens (tertiary/aromatic N) is 2. The number of likely N-dealkylation sites (N-methyl/N-ethyl adjacent to an activating group) is 1. The van der Waals surface area contributed by atoms with E-state index in [1.165, 1.54) is 0 Å². The predicted molar refractivity (Wildman–Crippen MR) is 57.8 cm³/mol. The molecule has 82 valence electrons. The molecule has 3 heteroatoms. The molecule has 0 aromatic heterocycles. The van der Waals surface area contributed by atoms with Crippen LogP contribution >= 0.6 is 0 Å². The molecule has 0 aromatic carbocycles. The van der Waals surface area contributed by atoms with E-state index in [-0.39, 0.29) is 5.41 Å². The van der Waals surface area contributed by atoms with Crippen LogP contribution in [0.25, 0.3) is 0 Å². The van der Waals surface area contributed by atoms with Crippen molar-refractivity contribution in [3.05, 3.63) is 0 Å². The first kappa shape index (κ1) is 13.4. The fourth-order valence-corrected chi connectivity index (χ4v) is 1.27. The second-order valence-electron chi connectivity index (χ2n) is 5.30. The van der Waals surface area contributed by atoms with Crippen molar-refractivity contribution < 1.29 is 5.11 Å². The van der Waals surface area contributed by atoms with E-state index < -0.39 is 5.60 Å². The summed E-state index contributed by atoms with van der Waals surface area (Å²) >= 11 is 0. The largest absolute Gasteiger partial charge is 0.389 e. The molecule has 0 rings (SSSR count). The molecule has 0 aromatic rings. The zero-order chi connectivity index (χ0) is 11.4. The van der Waals surface area contributed by atoms with Crippen molar-refractivity contribution in [2.75, 3.05) is 20.1 Å². The Morgan fingerprint density at radius 3 is 2.14 bits per heavy atom. The van der Waals surface area contributed by atoms with Crippen LogP contribution in [-0.2, 0) is 0 Å². The van der Waals surface area contributed by atoms with E-state index in [1.54, 1.807) is 13.8 Å². The second kappa shape index (κ2) is 4.77. The summed E-state index contributed by atoms with van der Waals surface area (Å²) in [5, 5.41) is 18.4. The Morgan fingerprint density at radius 2 is 1.79 bits per heavy atom. The topological polar surface area (TPSA) is 47.3 Å². The van der Waals surface area contributed by atoms with E-state index in [2.05, 4.69) is 11.0 Å². The van der Waals surface area contributed by atoms with Gasteiger partial charge in [-0.25, -0.2) is 0 Å². The van der Waals surface area contributed by atoms with Crippen molar-refractivity contribution in [1.29, 1.82) is 5.26 Å². The van der Waals surface area contributed by atoms with Gasteiger partial charge in [-0.05, 0) is 47.7 Å². The minimum atomic E-state index is -0.661. The summed E-state index contributed by atoms with van der Waals surface area (Å²) in [5.41, 5.74) is -0.931. The normalized spacial score (nSPS) is 13.0. The fraction of sp³-hybridized carbons (Fsp3) is 0.909. The van der Waals surface area contributed by atoms with Crippen LogP contribution in [0.5, 0.6) is 0 Å². The van der Waals surface area contributed by atoms with Gasteiger partial charge in [0.15, 0.2) is 0 Å². The monoisotopic (exact) mass is 198 g/mol. The molecule has 0 spiro atoms. The van der Waals surface area contributed by atoms with Crippen LogP contribution in [0.4, 0.5) is 0 Å². The molecule has 0 bridgehead atoms. The summed E-state index contributed by atoms with van der Waals surface area (Å²) in [5.74, 6) is 0. The maximum atomic E-state index is 9.57. The molecule has 0 atom stereocenters. The second-order valence-corrected chi connectivity index (χ2v) is 5.30. The van der Waals surface area contributed by atoms with Gasteiger partial charge >= 0.3 is 0 Å². The smallest absolute Gasteiger partial charge is 0.0718 e. The number of hydrogen-bond donors (Lipinski definition) is 1. The highest BCUT2D eigenvalue weighted by molar-refractivity contribution is 4.92. The van der Waals surface area contributed by atoms with Gasteiger partial charge in [0.05, 0.1) is 17.1 Å². The lowest BCUT2D eigenvalue weighted by atomic mass is 9.91. The predicted octanol–water partition coefficient (Wildman–Crippen LogP) is 1.63. The quantitative estimate of drug-likeness (QED) is 0.730. The molecule has 0 aliphatic rings. The molecule has 3 nitrogen and oxygen atoms in total. The van der Waals surface area contributed by atoms with Crippen LogP contribution in [0.1, 0.15) is 34.1 Å². The van der Waals surface area contributed by atoms with E-state index in [0.717, 1.165) is 13.0 Å². The molecule has 0 unspecified atom stereocenters. The van der Waals surface area contributed by atoms with Crippen LogP contribution in [0.15, 0.2) is 0 Å². The summed E-state index contributed by atoms with van der Waals surface area (Å²) < 4.78 is 0.